The van der Waals surface area contributed by atoms with E-state index in [4.69, 9.17) is 5.73 Å². The zero-order chi connectivity index (χ0) is 13.7. The van der Waals surface area contributed by atoms with Gasteiger partial charge in [0.05, 0.1) is 6.42 Å². The topological polar surface area (TPSA) is 72.2 Å². The van der Waals surface area contributed by atoms with Crippen LogP contribution >= 0.6 is 0 Å². The summed E-state index contributed by atoms with van der Waals surface area (Å²) >= 11 is 0. The van der Waals surface area contributed by atoms with Crippen molar-refractivity contribution >= 4 is 18.0 Å². The van der Waals surface area contributed by atoms with E-state index >= 15 is 0 Å². The van der Waals surface area contributed by atoms with Crippen molar-refractivity contribution in [3.63, 3.8) is 0 Å². The van der Waals surface area contributed by atoms with Crippen molar-refractivity contribution in [2.24, 2.45) is 5.73 Å². The van der Waals surface area contributed by atoms with Gasteiger partial charge in [-0.1, -0.05) is 24.3 Å². The second kappa shape index (κ2) is 6.00. The Kier molecular flexibility index (Phi) is 4.66. The van der Waals surface area contributed by atoms with Crippen LogP contribution in [0.15, 0.2) is 18.2 Å². The fourth-order valence-electron chi connectivity index (χ4n) is 1.96. The van der Waals surface area contributed by atoms with Crippen LogP contribution in [-0.4, -0.2) is 11.9 Å². The van der Waals surface area contributed by atoms with Gasteiger partial charge in [-0.2, -0.15) is 0 Å². The van der Waals surface area contributed by atoms with E-state index in [2.05, 4.69) is 5.32 Å². The van der Waals surface area contributed by atoms with Gasteiger partial charge in [0, 0.05) is 0 Å². The largest absolute Gasteiger partial charge is 0.351 e. The van der Waals surface area contributed by atoms with E-state index in [1.807, 2.05) is 45.1 Å². The Morgan fingerprint density at radius 2 is 1.83 bits per heavy atom. The van der Waals surface area contributed by atoms with Crippen molar-refractivity contribution in [3.05, 3.63) is 40.5 Å². The molecule has 0 unspecified atom stereocenters. The summed E-state index contributed by atoms with van der Waals surface area (Å²) in [7, 11) is 0. The number of carbonyl (C=O) groups is 2. The summed E-state index contributed by atoms with van der Waals surface area (Å²) in [6, 6.07) is 3.07. The number of nitrogens with one attached hydrogen (secondary N) is 1. The van der Waals surface area contributed by atoms with Crippen molar-refractivity contribution in [2.75, 3.05) is 0 Å². The summed E-state index contributed by atoms with van der Waals surface area (Å²) in [5.74, 6) is -0.389. The molecule has 0 aromatic heterocycles. The van der Waals surface area contributed by atoms with Gasteiger partial charge in [0.1, 0.15) is 0 Å². The Morgan fingerprint density at radius 3 is 2.28 bits per heavy atom. The van der Waals surface area contributed by atoms with Crippen LogP contribution in [0, 0.1) is 13.8 Å². The van der Waals surface area contributed by atoms with Crippen LogP contribution in [0.3, 0.4) is 0 Å². The van der Waals surface area contributed by atoms with Crippen LogP contribution in [0.1, 0.15) is 29.2 Å². The highest BCUT2D eigenvalue weighted by atomic mass is 16.2. The molecule has 0 aliphatic carbocycles. The number of hydrogen-bond acceptors (Lipinski definition) is 2. The molecule has 0 spiro atoms. The van der Waals surface area contributed by atoms with Gasteiger partial charge in [0.15, 0.2) is 0 Å². The van der Waals surface area contributed by atoms with Gasteiger partial charge in [0.25, 0.3) is 0 Å². The van der Waals surface area contributed by atoms with Gasteiger partial charge < -0.3 is 5.73 Å². The molecule has 3 N–H and O–H groups in total. The Balaban J connectivity index is 2.93. The maximum Gasteiger partial charge on any atom is 0.318 e. The Hall–Kier alpha value is -2.10. The number of allylic oxidation sites excluding steroid dienone is 1. The monoisotopic (exact) mass is 246 g/mol. The van der Waals surface area contributed by atoms with Gasteiger partial charge in [-0.15, -0.1) is 0 Å². The van der Waals surface area contributed by atoms with Crippen LogP contribution in [0.5, 0.6) is 0 Å². The molecule has 0 aliphatic rings. The Bertz CT molecular complexity index is 482. The van der Waals surface area contributed by atoms with Gasteiger partial charge in [-0.25, -0.2) is 4.79 Å². The number of carbonyl (C=O) groups excluding carboxylic acids is 2. The van der Waals surface area contributed by atoms with Crippen LogP contribution < -0.4 is 11.1 Å². The molecule has 0 fully saturated rings. The molecule has 0 bridgehead atoms. The minimum Gasteiger partial charge on any atom is -0.351 e. The van der Waals surface area contributed by atoms with E-state index in [1.54, 1.807) is 0 Å². The van der Waals surface area contributed by atoms with Crippen LogP contribution in [0.4, 0.5) is 4.79 Å². The number of nitrogens with two attached hydrogens (primary N) is 1. The summed E-state index contributed by atoms with van der Waals surface area (Å²) in [4.78, 5) is 22.0. The molecule has 0 atom stereocenters. The zero-order valence-electron chi connectivity index (χ0n) is 10.9. The minimum absolute atomic E-state index is 0.154. The molecule has 3 amide bonds. The normalized spacial score (nSPS) is 10.6. The van der Waals surface area contributed by atoms with Gasteiger partial charge in [-0.05, 0) is 43.0 Å². The quantitative estimate of drug-likeness (QED) is 0.857. The first-order valence-corrected chi connectivity index (χ1v) is 5.76. The Morgan fingerprint density at radius 1 is 1.28 bits per heavy atom. The van der Waals surface area contributed by atoms with E-state index in [0.717, 1.165) is 22.3 Å². The lowest BCUT2D eigenvalue weighted by atomic mass is 9.97. The summed E-state index contributed by atoms with van der Waals surface area (Å²) in [5.41, 5.74) is 9.14. The van der Waals surface area contributed by atoms with Crippen LogP contribution in [-0.2, 0) is 11.2 Å². The minimum atomic E-state index is -0.820. The molecule has 4 heteroatoms. The lowest BCUT2D eigenvalue weighted by molar-refractivity contribution is -0.119. The average molecular weight is 246 g/mol. The lowest BCUT2D eigenvalue weighted by Crippen LogP contribution is -2.35. The Labute approximate surface area is 107 Å². The number of primary amides is 1. The molecule has 0 aliphatic heterocycles. The number of benzene rings is 1. The number of imide groups is 1. The molecular formula is C14H18N2O2. The predicted octanol–water partition coefficient (Wildman–Crippen LogP) is 2.07. The highest BCUT2D eigenvalue weighted by molar-refractivity contribution is 5.94. The zero-order valence-corrected chi connectivity index (χ0v) is 10.9. The van der Waals surface area contributed by atoms with E-state index in [0.29, 0.717) is 0 Å². The molecule has 1 rings (SSSR count). The molecule has 0 saturated carbocycles. The average Bonchev–Trinajstić information content (AvgIpc) is 2.22. The van der Waals surface area contributed by atoms with E-state index in [-0.39, 0.29) is 12.3 Å². The van der Waals surface area contributed by atoms with Crippen LogP contribution in [0.25, 0.3) is 6.08 Å². The number of urea groups is 1. The molecule has 1 aromatic rings. The molecule has 0 heterocycles. The standard InChI is InChI=1S/C14H18N2O2/c1-4-5-12-9(2)6-11(7-10(12)3)8-13(17)16-14(15)18/h4-7H,8H2,1-3H3,(H3,15,16,17,18)/b5-4+. The summed E-state index contributed by atoms with van der Waals surface area (Å²) in [6.45, 7) is 5.96. The molecule has 18 heavy (non-hydrogen) atoms. The number of hydrogen-bond donors (Lipinski definition) is 2. The second-order valence-corrected chi connectivity index (χ2v) is 4.23. The molecule has 96 valence electrons. The van der Waals surface area contributed by atoms with Gasteiger partial charge in [-0.3, -0.25) is 10.1 Å². The summed E-state index contributed by atoms with van der Waals surface area (Å²) < 4.78 is 0. The van der Waals surface area contributed by atoms with Crippen molar-refractivity contribution in [1.29, 1.82) is 0 Å². The SMILES string of the molecule is C/C=C/c1c(C)cc(CC(=O)NC(N)=O)cc1C. The number of rotatable bonds is 3. The van der Waals surface area contributed by atoms with Crippen molar-refractivity contribution in [1.82, 2.24) is 5.32 Å². The molecule has 4 nitrogen and oxygen atoms in total. The maximum absolute atomic E-state index is 11.4. The third kappa shape index (κ3) is 3.73. The smallest absolute Gasteiger partial charge is 0.318 e. The lowest BCUT2D eigenvalue weighted by Gasteiger charge is -2.09. The maximum atomic E-state index is 11.4. The highest BCUT2D eigenvalue weighted by Crippen LogP contribution is 2.18. The molecule has 0 radical (unpaired) electrons. The molecular weight excluding hydrogens is 228 g/mol. The first-order valence-electron chi connectivity index (χ1n) is 5.76. The van der Waals surface area contributed by atoms with Gasteiger partial charge >= 0.3 is 6.03 Å². The van der Waals surface area contributed by atoms with Gasteiger partial charge in [0.2, 0.25) is 5.91 Å². The third-order valence-electron chi connectivity index (χ3n) is 2.61. The third-order valence-corrected chi connectivity index (χ3v) is 2.61. The fraction of sp³-hybridized carbons (Fsp3) is 0.286. The fourth-order valence-corrected chi connectivity index (χ4v) is 1.96. The van der Waals surface area contributed by atoms with Crippen LogP contribution in [0.2, 0.25) is 0 Å². The molecule has 1 aromatic carbocycles. The van der Waals surface area contributed by atoms with E-state index < -0.39 is 6.03 Å². The number of amides is 3. The summed E-state index contributed by atoms with van der Waals surface area (Å²) in [5, 5.41) is 2.06. The number of aryl methyl sites for hydroxylation is 2. The van der Waals surface area contributed by atoms with E-state index in [1.165, 1.54) is 0 Å². The van der Waals surface area contributed by atoms with Crippen molar-refractivity contribution < 1.29 is 9.59 Å². The molecule has 0 saturated heterocycles. The second-order valence-electron chi connectivity index (χ2n) is 4.23. The van der Waals surface area contributed by atoms with E-state index in [9.17, 15) is 9.59 Å². The van der Waals surface area contributed by atoms with Crippen molar-refractivity contribution in [2.45, 2.75) is 27.2 Å². The first kappa shape index (κ1) is 14.0. The highest BCUT2D eigenvalue weighted by Gasteiger charge is 2.08. The first-order chi connectivity index (χ1) is 8.43. The predicted molar refractivity (Wildman–Crippen MR) is 72.1 cm³/mol. The van der Waals surface area contributed by atoms with Crippen molar-refractivity contribution in [3.8, 4) is 0 Å². The summed E-state index contributed by atoms with van der Waals surface area (Å²) in [6.07, 6.45) is 4.17.